The zero-order valence-electron chi connectivity index (χ0n) is 10.9. The highest BCUT2D eigenvalue weighted by Crippen LogP contribution is 2.05. The summed E-state index contributed by atoms with van der Waals surface area (Å²) in [4.78, 5) is 33.2. The Hall–Kier alpha value is -2.41. The monoisotopic (exact) mass is 280 g/mol. The smallest absolute Gasteiger partial charge is 0.328 e. The van der Waals surface area contributed by atoms with Crippen LogP contribution in [0.15, 0.2) is 24.3 Å². The number of carboxylic acids is 1. The van der Waals surface area contributed by atoms with Gasteiger partial charge in [-0.25, -0.2) is 4.79 Å². The minimum atomic E-state index is -1.33. The fraction of sp³-hybridized carbons (Fsp3) is 0.308. The number of aliphatic hydroxyl groups is 1. The molecule has 0 saturated heterocycles. The van der Waals surface area contributed by atoms with Crippen LogP contribution in [0.25, 0.3) is 0 Å². The van der Waals surface area contributed by atoms with Crippen LogP contribution < -0.4 is 10.6 Å². The van der Waals surface area contributed by atoms with E-state index in [-0.39, 0.29) is 11.5 Å². The molecule has 1 aromatic rings. The fourth-order valence-electron chi connectivity index (χ4n) is 1.43. The average molecular weight is 280 g/mol. The summed E-state index contributed by atoms with van der Waals surface area (Å²) >= 11 is 0. The molecular formula is C13H16N2O5. The van der Waals surface area contributed by atoms with Crippen molar-refractivity contribution in [2.24, 2.45) is 0 Å². The van der Waals surface area contributed by atoms with Crippen LogP contribution in [-0.4, -0.2) is 40.6 Å². The number of hydrogen-bond acceptors (Lipinski definition) is 4. The second kappa shape index (κ2) is 7.25. The second-order valence-electron chi connectivity index (χ2n) is 4.15. The topological polar surface area (TPSA) is 116 Å². The summed E-state index contributed by atoms with van der Waals surface area (Å²) in [5.74, 6) is -2.04. The van der Waals surface area contributed by atoms with Gasteiger partial charge in [0.15, 0.2) is 6.04 Å². The highest BCUT2D eigenvalue weighted by molar-refractivity contribution is 5.96. The van der Waals surface area contributed by atoms with E-state index in [1.807, 2.05) is 0 Å². The van der Waals surface area contributed by atoms with Gasteiger partial charge in [0.25, 0.3) is 5.91 Å². The van der Waals surface area contributed by atoms with E-state index in [1.54, 1.807) is 12.1 Å². The molecular weight excluding hydrogens is 264 g/mol. The summed E-state index contributed by atoms with van der Waals surface area (Å²) in [7, 11) is 0. The highest BCUT2D eigenvalue weighted by atomic mass is 16.4. The maximum Gasteiger partial charge on any atom is 0.328 e. The molecule has 1 rings (SSSR count). The van der Waals surface area contributed by atoms with Gasteiger partial charge in [-0.2, -0.15) is 0 Å². The van der Waals surface area contributed by atoms with E-state index in [1.165, 1.54) is 19.1 Å². The van der Waals surface area contributed by atoms with Crippen molar-refractivity contribution in [2.45, 2.75) is 19.5 Å². The van der Waals surface area contributed by atoms with E-state index in [2.05, 4.69) is 10.6 Å². The molecule has 0 heterocycles. The van der Waals surface area contributed by atoms with Crippen LogP contribution in [0.2, 0.25) is 0 Å². The lowest BCUT2D eigenvalue weighted by molar-refractivity contribution is -0.140. The first-order valence-corrected chi connectivity index (χ1v) is 5.92. The van der Waals surface area contributed by atoms with Gasteiger partial charge in [-0.1, -0.05) is 12.1 Å². The summed E-state index contributed by atoms with van der Waals surface area (Å²) < 4.78 is 0. The van der Waals surface area contributed by atoms with Crippen LogP contribution in [-0.2, 0) is 16.1 Å². The number of carboxylic acid groups (broad SMARTS) is 1. The SMILES string of the molecule is CC(=O)NCc1ccc(C(=O)N[C@H](CO)C(=O)O)cc1. The third-order valence-electron chi connectivity index (χ3n) is 2.54. The van der Waals surface area contributed by atoms with Gasteiger partial charge in [0.05, 0.1) is 6.61 Å². The minimum Gasteiger partial charge on any atom is -0.480 e. The van der Waals surface area contributed by atoms with Crippen LogP contribution in [0.4, 0.5) is 0 Å². The van der Waals surface area contributed by atoms with Gasteiger partial charge >= 0.3 is 5.97 Å². The van der Waals surface area contributed by atoms with Crippen molar-refractivity contribution >= 4 is 17.8 Å². The zero-order chi connectivity index (χ0) is 15.1. The van der Waals surface area contributed by atoms with E-state index in [0.717, 1.165) is 5.56 Å². The van der Waals surface area contributed by atoms with Gasteiger partial charge < -0.3 is 20.8 Å². The second-order valence-corrected chi connectivity index (χ2v) is 4.15. The number of nitrogens with one attached hydrogen (secondary N) is 2. The lowest BCUT2D eigenvalue weighted by atomic mass is 10.1. The first-order valence-electron chi connectivity index (χ1n) is 5.92. The Morgan fingerprint density at radius 1 is 1.20 bits per heavy atom. The van der Waals surface area contributed by atoms with Gasteiger partial charge in [0, 0.05) is 19.0 Å². The Bertz CT molecular complexity index is 498. The van der Waals surface area contributed by atoms with Gasteiger partial charge in [-0.05, 0) is 17.7 Å². The number of aliphatic carboxylic acids is 1. The standard InChI is InChI=1S/C13H16N2O5/c1-8(17)14-6-9-2-4-10(5-3-9)12(18)15-11(7-16)13(19)20/h2-5,11,16H,6-7H2,1H3,(H,14,17)(H,15,18)(H,19,20)/t11-/m1/s1. The number of aliphatic hydroxyl groups excluding tert-OH is 1. The molecule has 0 spiro atoms. The number of benzene rings is 1. The van der Waals surface area contributed by atoms with Gasteiger partial charge in [-0.3, -0.25) is 9.59 Å². The summed E-state index contributed by atoms with van der Waals surface area (Å²) in [6, 6.07) is 5.01. The molecule has 2 amide bonds. The molecule has 0 fully saturated rings. The maximum absolute atomic E-state index is 11.7. The maximum atomic E-state index is 11.7. The lowest BCUT2D eigenvalue weighted by Gasteiger charge is -2.11. The van der Waals surface area contributed by atoms with Crippen molar-refractivity contribution in [1.29, 1.82) is 0 Å². The molecule has 0 aliphatic carbocycles. The van der Waals surface area contributed by atoms with Crippen molar-refractivity contribution in [1.82, 2.24) is 10.6 Å². The van der Waals surface area contributed by atoms with Gasteiger partial charge in [0.1, 0.15) is 0 Å². The number of carbonyl (C=O) groups is 3. The van der Waals surface area contributed by atoms with Crippen LogP contribution in [0.3, 0.4) is 0 Å². The Balaban J connectivity index is 2.65. The molecule has 7 heteroatoms. The first-order chi connectivity index (χ1) is 9.43. The molecule has 108 valence electrons. The van der Waals surface area contributed by atoms with Crippen molar-refractivity contribution in [3.8, 4) is 0 Å². The Labute approximate surface area is 115 Å². The number of hydrogen-bond donors (Lipinski definition) is 4. The van der Waals surface area contributed by atoms with Crippen LogP contribution in [0.1, 0.15) is 22.8 Å². The molecule has 20 heavy (non-hydrogen) atoms. The van der Waals surface area contributed by atoms with E-state index in [4.69, 9.17) is 10.2 Å². The summed E-state index contributed by atoms with van der Waals surface area (Å²) in [6.07, 6.45) is 0. The van der Waals surface area contributed by atoms with Crippen LogP contribution in [0, 0.1) is 0 Å². The Kier molecular flexibility index (Phi) is 5.67. The number of amides is 2. The normalized spacial score (nSPS) is 11.5. The van der Waals surface area contributed by atoms with E-state index in [9.17, 15) is 14.4 Å². The van der Waals surface area contributed by atoms with Crippen LogP contribution in [0.5, 0.6) is 0 Å². The molecule has 0 unspecified atom stereocenters. The molecule has 0 bridgehead atoms. The van der Waals surface area contributed by atoms with Crippen molar-refractivity contribution in [2.75, 3.05) is 6.61 Å². The number of carbonyl (C=O) groups excluding carboxylic acids is 2. The summed E-state index contributed by atoms with van der Waals surface area (Å²) in [6.45, 7) is 1.08. The van der Waals surface area contributed by atoms with Crippen molar-refractivity contribution < 1.29 is 24.6 Å². The molecule has 1 atom stereocenters. The molecule has 0 aliphatic heterocycles. The first kappa shape index (κ1) is 15.6. The molecule has 4 N–H and O–H groups in total. The molecule has 0 aliphatic rings. The van der Waals surface area contributed by atoms with E-state index >= 15 is 0 Å². The average Bonchev–Trinajstić information content (AvgIpc) is 2.42. The molecule has 0 aromatic heterocycles. The largest absolute Gasteiger partial charge is 0.480 e. The fourth-order valence-corrected chi connectivity index (χ4v) is 1.43. The van der Waals surface area contributed by atoms with Crippen molar-refractivity contribution in [3.05, 3.63) is 35.4 Å². The van der Waals surface area contributed by atoms with E-state index in [0.29, 0.717) is 6.54 Å². The van der Waals surface area contributed by atoms with Gasteiger partial charge in [0.2, 0.25) is 5.91 Å². The highest BCUT2D eigenvalue weighted by Gasteiger charge is 2.19. The third kappa shape index (κ3) is 4.69. The quantitative estimate of drug-likeness (QED) is 0.560. The molecule has 0 saturated carbocycles. The molecule has 0 radical (unpaired) electrons. The van der Waals surface area contributed by atoms with E-state index < -0.39 is 24.5 Å². The Morgan fingerprint density at radius 2 is 1.80 bits per heavy atom. The summed E-state index contributed by atoms with van der Waals surface area (Å²) in [5, 5.41) is 22.4. The zero-order valence-corrected chi connectivity index (χ0v) is 10.9. The van der Waals surface area contributed by atoms with Crippen molar-refractivity contribution in [3.63, 3.8) is 0 Å². The number of rotatable bonds is 6. The van der Waals surface area contributed by atoms with Crippen LogP contribution >= 0.6 is 0 Å². The molecule has 7 nitrogen and oxygen atoms in total. The Morgan fingerprint density at radius 3 is 2.25 bits per heavy atom. The third-order valence-corrected chi connectivity index (χ3v) is 2.54. The van der Waals surface area contributed by atoms with Gasteiger partial charge in [-0.15, -0.1) is 0 Å². The lowest BCUT2D eigenvalue weighted by Crippen LogP contribution is -2.43. The molecule has 1 aromatic carbocycles. The minimum absolute atomic E-state index is 0.154. The predicted molar refractivity (Wildman–Crippen MR) is 69.9 cm³/mol. The summed E-state index contributed by atoms with van der Waals surface area (Å²) in [5.41, 5.74) is 1.09. The predicted octanol–water partition coefficient (Wildman–Crippen LogP) is -0.502.